The minimum Gasteiger partial charge on any atom is -0.472 e. The lowest BCUT2D eigenvalue weighted by atomic mass is 9.88. The molecule has 1 saturated heterocycles. The second-order valence-corrected chi connectivity index (χ2v) is 19.9. The Kier molecular flexibility index (Phi) is 12.8. The molecular weight excluding hydrogens is 857 g/mol. The number of sulfonamides is 1. The van der Waals surface area contributed by atoms with Crippen molar-refractivity contribution >= 4 is 56.2 Å². The maximum absolute atomic E-state index is 14.8. The van der Waals surface area contributed by atoms with Crippen LogP contribution in [0.4, 0.5) is 26.7 Å². The molecule has 1 aromatic heterocycles. The van der Waals surface area contributed by atoms with Crippen LogP contribution >= 0.6 is 11.6 Å². The minimum atomic E-state index is -4.96. The second kappa shape index (κ2) is 17.0. The van der Waals surface area contributed by atoms with Crippen molar-refractivity contribution in [2.24, 2.45) is 17.8 Å². The third-order valence-corrected chi connectivity index (χ3v) is 14.4. The highest BCUT2D eigenvalue weighted by Gasteiger charge is 2.63. The average Bonchev–Trinajstić information content (AvgIpc) is 4.04. The Labute approximate surface area is 354 Å². The zero-order chi connectivity index (χ0) is 44.9. The van der Waals surface area contributed by atoms with Crippen molar-refractivity contribution in [3.05, 3.63) is 41.4 Å². The number of hydrogen-bond acceptors (Lipinski definition) is 10. The van der Waals surface area contributed by atoms with Crippen LogP contribution in [0.3, 0.4) is 0 Å². The smallest absolute Gasteiger partial charge is 0.427 e. The zero-order valence-corrected chi connectivity index (χ0v) is 35.7. The second-order valence-electron chi connectivity index (χ2n) is 17.3. The Morgan fingerprint density at radius 1 is 1.11 bits per heavy atom. The summed E-state index contributed by atoms with van der Waals surface area (Å²) in [5.41, 5.74) is -4.67. The van der Waals surface area contributed by atoms with Crippen molar-refractivity contribution in [1.82, 2.24) is 25.2 Å². The monoisotopic (exact) mass is 905 g/mol. The number of allylic oxidation sites excluding steroid dienone is 1. The molecule has 0 radical (unpaired) electrons. The van der Waals surface area contributed by atoms with Gasteiger partial charge in [-0.05, 0) is 83.3 Å². The van der Waals surface area contributed by atoms with Gasteiger partial charge in [-0.1, -0.05) is 43.7 Å². The van der Waals surface area contributed by atoms with E-state index in [4.69, 9.17) is 25.8 Å². The first-order chi connectivity index (χ1) is 28.4. The minimum absolute atomic E-state index is 0.0353. The number of ether oxygens (including phenoxy) is 3. The Morgan fingerprint density at radius 3 is 2.48 bits per heavy atom. The van der Waals surface area contributed by atoms with Crippen LogP contribution in [0.15, 0.2) is 36.4 Å². The number of alkyl carbamates (subject to hydrolysis) is 1. The van der Waals surface area contributed by atoms with Crippen LogP contribution < -0.4 is 24.8 Å². The summed E-state index contributed by atoms with van der Waals surface area (Å²) in [5.74, 6) is -4.58. The maximum atomic E-state index is 14.8. The first-order valence-corrected chi connectivity index (χ1v) is 21.8. The molecule has 61 heavy (non-hydrogen) atoms. The molecule has 14 nitrogen and oxygen atoms in total. The summed E-state index contributed by atoms with van der Waals surface area (Å²) in [4.78, 5) is 61.8. The number of pyridine rings is 1. The molecule has 4 amide bonds. The summed E-state index contributed by atoms with van der Waals surface area (Å²) in [6.07, 6.45) is -5.09. The maximum Gasteiger partial charge on any atom is 0.427 e. The Balaban J connectivity index is 1.37. The molecule has 2 saturated carbocycles. The van der Waals surface area contributed by atoms with E-state index in [1.165, 1.54) is 13.0 Å². The number of hydrogen-bond donors (Lipinski definition) is 3. The summed E-state index contributed by atoms with van der Waals surface area (Å²) >= 11 is 6.44. The fourth-order valence-electron chi connectivity index (χ4n) is 7.70. The number of alkyl halides is 5. The van der Waals surface area contributed by atoms with Crippen LogP contribution in [0.2, 0.25) is 5.02 Å². The summed E-state index contributed by atoms with van der Waals surface area (Å²) in [7, 11) is -4.14. The largest absolute Gasteiger partial charge is 0.472 e. The van der Waals surface area contributed by atoms with Crippen LogP contribution in [0.5, 0.6) is 11.8 Å². The van der Waals surface area contributed by atoms with Crippen LogP contribution in [-0.2, 0) is 29.1 Å². The van der Waals surface area contributed by atoms with Crippen molar-refractivity contribution in [3.8, 4) is 11.8 Å². The Morgan fingerprint density at radius 2 is 1.82 bits per heavy atom. The van der Waals surface area contributed by atoms with E-state index in [1.54, 1.807) is 31.2 Å². The van der Waals surface area contributed by atoms with E-state index in [-0.39, 0.29) is 42.1 Å². The molecule has 1 aromatic carbocycles. The summed E-state index contributed by atoms with van der Waals surface area (Å²) < 4.78 is 111. The number of nitrogens with one attached hydrogen (secondary N) is 3. The van der Waals surface area contributed by atoms with Gasteiger partial charge < -0.3 is 29.7 Å². The summed E-state index contributed by atoms with van der Waals surface area (Å²) in [5, 5.41) is 5.90. The number of nitrogens with zero attached hydrogens (tertiary/aromatic N) is 2. The summed E-state index contributed by atoms with van der Waals surface area (Å²) in [6.45, 7) is 4.94. The number of benzene rings is 1. The van der Waals surface area contributed by atoms with Crippen LogP contribution in [0.1, 0.15) is 79.6 Å². The van der Waals surface area contributed by atoms with Crippen molar-refractivity contribution in [2.75, 3.05) is 13.2 Å². The van der Waals surface area contributed by atoms with Crippen molar-refractivity contribution in [2.45, 2.75) is 126 Å². The van der Waals surface area contributed by atoms with E-state index >= 15 is 0 Å². The van der Waals surface area contributed by atoms with Gasteiger partial charge in [0, 0.05) is 34.2 Å². The molecule has 6 rings (SSSR count). The van der Waals surface area contributed by atoms with E-state index in [9.17, 15) is 49.5 Å². The van der Waals surface area contributed by atoms with Gasteiger partial charge in [0.15, 0.2) is 6.61 Å². The topological polar surface area (TPSA) is 182 Å². The quantitative estimate of drug-likeness (QED) is 0.183. The van der Waals surface area contributed by atoms with E-state index in [2.05, 4.69) is 20.3 Å². The lowest BCUT2D eigenvalue weighted by Crippen LogP contribution is -2.59. The fourth-order valence-corrected chi connectivity index (χ4v) is 9.24. The van der Waals surface area contributed by atoms with Crippen LogP contribution in [0.25, 0.3) is 10.8 Å². The highest BCUT2D eigenvalue weighted by atomic mass is 35.5. The number of carbonyl (C=O) groups excluding carboxylic acids is 4. The first kappa shape index (κ1) is 46.1. The predicted octanol–water partition coefficient (Wildman–Crippen LogP) is 6.20. The van der Waals surface area contributed by atoms with Gasteiger partial charge in [0.05, 0.1) is 11.3 Å². The van der Waals surface area contributed by atoms with E-state index in [0.29, 0.717) is 56.7 Å². The van der Waals surface area contributed by atoms with Gasteiger partial charge in [-0.3, -0.25) is 19.1 Å². The number of amides is 4. The molecular formula is C40H49ClF5N5O9S. The van der Waals surface area contributed by atoms with Gasteiger partial charge in [0.25, 0.3) is 12.3 Å². The summed E-state index contributed by atoms with van der Waals surface area (Å²) in [6, 6.07) is 3.06. The number of fused-ring (bicyclic) bond motifs is 3. The Bertz CT molecular complexity index is 2190. The third kappa shape index (κ3) is 9.94. The molecule has 3 fully saturated rings. The predicted molar refractivity (Wildman–Crippen MR) is 211 cm³/mol. The highest BCUT2D eigenvalue weighted by molar-refractivity contribution is 7.91. The van der Waals surface area contributed by atoms with Crippen molar-refractivity contribution < 1.29 is 63.8 Å². The third-order valence-electron chi connectivity index (χ3n) is 12.0. The van der Waals surface area contributed by atoms with Gasteiger partial charge in [-0.15, -0.1) is 0 Å². The van der Waals surface area contributed by atoms with Crippen LogP contribution in [0, 0.1) is 17.8 Å². The normalized spacial score (nSPS) is 28.7. The molecule has 0 unspecified atom stereocenters. The van der Waals surface area contributed by atoms with E-state index in [1.807, 2.05) is 13.0 Å². The van der Waals surface area contributed by atoms with Gasteiger partial charge in [-0.2, -0.15) is 18.2 Å². The first-order valence-electron chi connectivity index (χ1n) is 20.0. The van der Waals surface area contributed by atoms with Crippen molar-refractivity contribution in [1.29, 1.82) is 0 Å². The molecule has 0 spiro atoms. The van der Waals surface area contributed by atoms with E-state index < -0.39 is 99.0 Å². The number of halogens is 6. The molecule has 2 aliphatic heterocycles. The molecule has 2 aliphatic carbocycles. The SMILES string of the molecule is C[C@@H]1CC/C=C\[C@@H]2C[C@@]2(C(=O)NS(=O)(=O)C2(C)CC2)NC(=O)[C@@H]2C[C@@H](Oc3nc(OCC(F)F)cc4c(Cl)cccc34)CN2C(=O)[C@@H](NC(=O)OC(C)(C)C(F)(F)F)[C@H](C)C1. The average molecular weight is 906 g/mol. The molecule has 0 bridgehead atoms. The Hall–Kier alpha value is -4.46. The molecule has 7 atom stereocenters. The van der Waals surface area contributed by atoms with Gasteiger partial charge >= 0.3 is 12.3 Å². The highest BCUT2D eigenvalue weighted by Crippen LogP contribution is 2.48. The number of carbonyl (C=O) groups is 4. The molecule has 336 valence electrons. The van der Waals surface area contributed by atoms with Crippen molar-refractivity contribution in [3.63, 3.8) is 0 Å². The van der Waals surface area contributed by atoms with Gasteiger partial charge in [-0.25, -0.2) is 22.0 Å². The molecule has 21 heteroatoms. The molecule has 3 N–H and O–H groups in total. The fraction of sp³-hybridized carbons (Fsp3) is 0.625. The van der Waals surface area contributed by atoms with Gasteiger partial charge in [0.2, 0.25) is 39.2 Å². The number of rotatable bonds is 10. The lowest BCUT2D eigenvalue weighted by molar-refractivity contribution is -0.244. The lowest BCUT2D eigenvalue weighted by Gasteiger charge is -2.34. The van der Waals surface area contributed by atoms with E-state index in [0.717, 1.165) is 4.90 Å². The van der Waals surface area contributed by atoms with Crippen LogP contribution in [-0.4, -0.2) is 102 Å². The standard InChI is InChI=1S/C40H49ClF5N5O9S/c1-21-9-6-7-10-23-18-39(23,35(54)50-61(56,57)38(5)13-14-38)49-32(52)28-16-24(59-33-25-11-8-12-27(41)26(25)17-30(47-33)58-20-29(42)43)19-51(28)34(53)31(22(2)15-21)48-36(55)60-37(3,4)40(44,45)46/h7-8,10-12,17,21-24,28-29,31H,6,9,13-16,18-20H2,1-5H3,(H,48,55)(H,49,52)(H,50,54)/b10-7-/t21-,22-,23-,24-,28+,31+,39-/m1/s1. The number of aromatic nitrogens is 1. The molecule has 4 aliphatic rings. The zero-order valence-electron chi connectivity index (χ0n) is 34.1. The molecule has 3 heterocycles. The molecule has 2 aromatic rings. The van der Waals surface area contributed by atoms with Gasteiger partial charge in [0.1, 0.15) is 23.7 Å².